The van der Waals surface area contributed by atoms with Gasteiger partial charge in [0.15, 0.2) is 0 Å². The fourth-order valence-corrected chi connectivity index (χ4v) is 2.42. The zero-order chi connectivity index (χ0) is 13.2. The van der Waals surface area contributed by atoms with Crippen molar-refractivity contribution in [3.05, 3.63) is 17.5 Å². The number of anilines is 1. The van der Waals surface area contributed by atoms with Gasteiger partial charge in [-0.1, -0.05) is 13.8 Å². The summed E-state index contributed by atoms with van der Waals surface area (Å²) in [5, 5.41) is 12.3. The molecule has 0 atom stereocenters. The van der Waals surface area contributed by atoms with E-state index in [-0.39, 0.29) is 0 Å². The first-order valence-electron chi connectivity index (χ1n) is 6.51. The Bertz CT molecular complexity index is 463. The molecule has 1 aromatic heterocycles. The van der Waals surface area contributed by atoms with E-state index >= 15 is 0 Å². The van der Waals surface area contributed by atoms with Crippen LogP contribution in [-0.4, -0.2) is 16.0 Å². The molecule has 4 nitrogen and oxygen atoms in total. The van der Waals surface area contributed by atoms with Crippen molar-refractivity contribution in [2.75, 3.05) is 5.32 Å². The molecule has 0 aromatic carbocycles. The van der Waals surface area contributed by atoms with E-state index in [9.17, 15) is 0 Å². The lowest BCUT2D eigenvalue weighted by molar-refractivity contribution is 0.232. The van der Waals surface area contributed by atoms with E-state index in [2.05, 4.69) is 35.2 Å². The van der Waals surface area contributed by atoms with Gasteiger partial charge in [0, 0.05) is 11.7 Å². The topological polar surface area (TPSA) is 61.6 Å². The van der Waals surface area contributed by atoms with Gasteiger partial charge in [0.05, 0.1) is 0 Å². The molecule has 0 saturated heterocycles. The number of hydrogen-bond donors (Lipinski definition) is 1. The second-order valence-corrected chi connectivity index (χ2v) is 5.91. The van der Waals surface area contributed by atoms with Crippen molar-refractivity contribution in [3.8, 4) is 6.07 Å². The molecule has 1 heterocycles. The minimum atomic E-state index is 0.432. The van der Waals surface area contributed by atoms with Crippen molar-refractivity contribution in [2.45, 2.75) is 52.5 Å². The molecule has 1 N–H and O–H groups in total. The number of hydrogen-bond acceptors (Lipinski definition) is 4. The average molecular weight is 244 g/mol. The zero-order valence-electron chi connectivity index (χ0n) is 11.3. The van der Waals surface area contributed by atoms with Crippen LogP contribution in [0.2, 0.25) is 0 Å². The second-order valence-electron chi connectivity index (χ2n) is 5.91. The largest absolute Gasteiger partial charge is 0.351 e. The fraction of sp³-hybridized carbons (Fsp3) is 0.643. The van der Waals surface area contributed by atoms with Gasteiger partial charge in [-0.05, 0) is 44.1 Å². The van der Waals surface area contributed by atoms with Gasteiger partial charge in [-0.15, -0.1) is 0 Å². The molecule has 0 bridgehead atoms. The lowest BCUT2D eigenvalue weighted by Gasteiger charge is -2.34. The molecular weight excluding hydrogens is 224 g/mol. The van der Waals surface area contributed by atoms with Crippen molar-refractivity contribution >= 4 is 5.95 Å². The zero-order valence-corrected chi connectivity index (χ0v) is 11.3. The lowest BCUT2D eigenvalue weighted by Crippen LogP contribution is -2.30. The Morgan fingerprint density at radius 2 is 2.00 bits per heavy atom. The number of rotatable bonds is 2. The maximum Gasteiger partial charge on any atom is 0.224 e. The summed E-state index contributed by atoms with van der Waals surface area (Å²) in [6.45, 7) is 6.53. The van der Waals surface area contributed by atoms with Crippen LogP contribution in [0.15, 0.2) is 6.07 Å². The number of nitriles is 1. The summed E-state index contributed by atoms with van der Waals surface area (Å²) < 4.78 is 0. The van der Waals surface area contributed by atoms with Gasteiger partial charge in [-0.25, -0.2) is 9.97 Å². The molecule has 1 aliphatic carbocycles. The monoisotopic (exact) mass is 244 g/mol. The third kappa shape index (κ3) is 3.19. The minimum absolute atomic E-state index is 0.432. The molecule has 1 aliphatic rings. The summed E-state index contributed by atoms with van der Waals surface area (Å²) in [5.41, 5.74) is 1.73. The van der Waals surface area contributed by atoms with E-state index in [1.807, 2.05) is 6.92 Å². The van der Waals surface area contributed by atoms with Gasteiger partial charge in [0.2, 0.25) is 5.95 Å². The Labute approximate surface area is 108 Å². The van der Waals surface area contributed by atoms with Gasteiger partial charge in [0.1, 0.15) is 11.8 Å². The fourth-order valence-electron chi connectivity index (χ4n) is 2.42. The van der Waals surface area contributed by atoms with Crippen LogP contribution in [0.5, 0.6) is 0 Å². The van der Waals surface area contributed by atoms with Gasteiger partial charge in [-0.2, -0.15) is 5.26 Å². The molecule has 0 spiro atoms. The maximum absolute atomic E-state index is 8.89. The van der Waals surface area contributed by atoms with Crippen LogP contribution >= 0.6 is 0 Å². The molecular formula is C14H20N4. The Morgan fingerprint density at radius 3 is 2.61 bits per heavy atom. The molecule has 1 saturated carbocycles. The molecule has 4 heteroatoms. The predicted molar refractivity (Wildman–Crippen MR) is 71.1 cm³/mol. The van der Waals surface area contributed by atoms with E-state index in [0.29, 0.717) is 23.1 Å². The highest BCUT2D eigenvalue weighted by molar-refractivity contribution is 5.33. The first-order chi connectivity index (χ1) is 8.48. The Balaban J connectivity index is 2.02. The number of aromatic nitrogens is 2. The quantitative estimate of drug-likeness (QED) is 0.868. The Kier molecular flexibility index (Phi) is 3.51. The summed E-state index contributed by atoms with van der Waals surface area (Å²) in [4.78, 5) is 8.54. The molecule has 0 radical (unpaired) electrons. The van der Waals surface area contributed by atoms with Crippen LogP contribution in [0.25, 0.3) is 0 Å². The number of aryl methyl sites for hydroxylation is 1. The highest BCUT2D eigenvalue weighted by Crippen LogP contribution is 2.35. The molecule has 1 fully saturated rings. The van der Waals surface area contributed by atoms with E-state index < -0.39 is 0 Å². The Morgan fingerprint density at radius 1 is 1.33 bits per heavy atom. The number of nitrogens with zero attached hydrogens (tertiary/aromatic N) is 3. The highest BCUT2D eigenvalue weighted by atomic mass is 15.1. The summed E-state index contributed by atoms with van der Waals surface area (Å²) in [5.74, 6) is 0.594. The van der Waals surface area contributed by atoms with Crippen LogP contribution in [0, 0.1) is 23.7 Å². The van der Waals surface area contributed by atoms with Crippen molar-refractivity contribution in [2.24, 2.45) is 5.41 Å². The highest BCUT2D eigenvalue weighted by Gasteiger charge is 2.27. The van der Waals surface area contributed by atoms with Crippen molar-refractivity contribution < 1.29 is 0 Å². The van der Waals surface area contributed by atoms with E-state index in [4.69, 9.17) is 5.26 Å². The lowest BCUT2D eigenvalue weighted by atomic mass is 9.76. The van der Waals surface area contributed by atoms with Gasteiger partial charge < -0.3 is 5.32 Å². The van der Waals surface area contributed by atoms with E-state index in [0.717, 1.165) is 18.5 Å². The molecule has 0 aliphatic heterocycles. The van der Waals surface area contributed by atoms with Crippen LogP contribution in [-0.2, 0) is 0 Å². The first kappa shape index (κ1) is 12.8. The molecule has 1 aromatic rings. The predicted octanol–water partition coefficient (Wildman–Crippen LogP) is 3.04. The standard InChI is InChI=1S/C14H20N4/c1-10-8-12(9-15)18-13(16-10)17-11-4-6-14(2,3)7-5-11/h8,11H,4-7H2,1-3H3,(H,16,17,18). The Hall–Kier alpha value is -1.63. The minimum Gasteiger partial charge on any atom is -0.351 e. The van der Waals surface area contributed by atoms with Crippen LogP contribution < -0.4 is 5.32 Å². The van der Waals surface area contributed by atoms with Crippen molar-refractivity contribution in [1.82, 2.24) is 9.97 Å². The summed E-state index contributed by atoms with van der Waals surface area (Å²) in [6, 6.07) is 4.21. The molecule has 0 amide bonds. The van der Waals surface area contributed by atoms with Crippen molar-refractivity contribution in [1.29, 1.82) is 5.26 Å². The summed E-state index contributed by atoms with van der Waals surface area (Å²) in [7, 11) is 0. The third-order valence-corrected chi connectivity index (χ3v) is 3.64. The smallest absolute Gasteiger partial charge is 0.224 e. The number of nitrogens with one attached hydrogen (secondary N) is 1. The van der Waals surface area contributed by atoms with Crippen LogP contribution in [0.1, 0.15) is 50.9 Å². The second kappa shape index (κ2) is 4.93. The van der Waals surface area contributed by atoms with Gasteiger partial charge in [-0.3, -0.25) is 0 Å². The van der Waals surface area contributed by atoms with E-state index in [1.165, 1.54) is 12.8 Å². The molecule has 96 valence electrons. The summed E-state index contributed by atoms with van der Waals surface area (Å²) in [6.07, 6.45) is 4.74. The van der Waals surface area contributed by atoms with Gasteiger partial charge in [0.25, 0.3) is 0 Å². The normalized spacial score (nSPS) is 19.2. The SMILES string of the molecule is Cc1cc(C#N)nc(NC2CCC(C)(C)CC2)n1. The average Bonchev–Trinajstić information content (AvgIpc) is 2.31. The molecule has 18 heavy (non-hydrogen) atoms. The van der Waals surface area contributed by atoms with Gasteiger partial charge >= 0.3 is 0 Å². The van der Waals surface area contributed by atoms with Crippen molar-refractivity contribution in [3.63, 3.8) is 0 Å². The maximum atomic E-state index is 8.89. The van der Waals surface area contributed by atoms with Crippen LogP contribution in [0.4, 0.5) is 5.95 Å². The third-order valence-electron chi connectivity index (χ3n) is 3.64. The van der Waals surface area contributed by atoms with Crippen LogP contribution in [0.3, 0.4) is 0 Å². The molecule has 0 unspecified atom stereocenters. The molecule has 2 rings (SSSR count). The first-order valence-corrected chi connectivity index (χ1v) is 6.51. The van der Waals surface area contributed by atoms with E-state index in [1.54, 1.807) is 6.07 Å². The summed E-state index contributed by atoms with van der Waals surface area (Å²) >= 11 is 0.